The highest BCUT2D eigenvalue weighted by Gasteiger charge is 2.35. The third-order valence-electron chi connectivity index (χ3n) is 5.74. The van der Waals surface area contributed by atoms with Crippen LogP contribution in [0.25, 0.3) is 10.9 Å². The average Bonchev–Trinajstić information content (AvgIpc) is 3.29. The molecule has 1 aliphatic heterocycles. The highest BCUT2D eigenvalue weighted by Crippen LogP contribution is 2.26. The lowest BCUT2D eigenvalue weighted by molar-refractivity contribution is -0.130. The van der Waals surface area contributed by atoms with Gasteiger partial charge in [0.1, 0.15) is 11.5 Å². The van der Waals surface area contributed by atoms with Gasteiger partial charge in [-0.3, -0.25) is 19.4 Å². The average molecular weight is 466 g/mol. The number of hydrogen-bond donors (Lipinski definition) is 4. The van der Waals surface area contributed by atoms with E-state index in [9.17, 15) is 18.8 Å². The largest absolute Gasteiger partial charge is 0.382 e. The number of carbonyl (C=O) groups excluding carboxylic acids is 3. The van der Waals surface area contributed by atoms with Crippen LogP contribution in [0.4, 0.5) is 4.39 Å². The third kappa shape index (κ3) is 4.06. The van der Waals surface area contributed by atoms with E-state index in [1.165, 1.54) is 23.4 Å². The molecule has 1 aromatic carbocycles. The lowest BCUT2D eigenvalue weighted by Gasteiger charge is -2.39. The normalized spacial score (nSPS) is 16.6. The maximum atomic E-state index is 14.7. The van der Waals surface area contributed by atoms with Crippen LogP contribution in [0.2, 0.25) is 0 Å². The van der Waals surface area contributed by atoms with Crippen molar-refractivity contribution in [2.24, 2.45) is 16.7 Å². The van der Waals surface area contributed by atoms with Gasteiger partial charge in [0.15, 0.2) is 5.84 Å². The number of H-pyrrole nitrogens is 1. The lowest BCUT2D eigenvalue weighted by atomic mass is 10.0. The third-order valence-corrected chi connectivity index (χ3v) is 5.74. The number of aromatic nitrogens is 2. The molecule has 1 saturated heterocycles. The van der Waals surface area contributed by atoms with Crippen LogP contribution in [0, 0.1) is 5.82 Å². The number of hydrazone groups is 1. The molecule has 2 amide bonds. The summed E-state index contributed by atoms with van der Waals surface area (Å²) >= 11 is 0. The van der Waals surface area contributed by atoms with Crippen LogP contribution in [0.1, 0.15) is 33.3 Å². The Morgan fingerprint density at radius 2 is 2.00 bits per heavy atom. The first kappa shape index (κ1) is 22.9. The molecule has 0 radical (unpaired) electrons. The number of rotatable bonds is 5. The summed E-state index contributed by atoms with van der Waals surface area (Å²) < 4.78 is 14.7. The maximum Gasteiger partial charge on any atom is 0.295 e. The monoisotopic (exact) mass is 466 g/mol. The van der Waals surface area contributed by atoms with E-state index in [2.05, 4.69) is 20.6 Å². The van der Waals surface area contributed by atoms with Gasteiger partial charge >= 0.3 is 0 Å². The number of ketones is 1. The fraction of sp³-hybridized carbons (Fsp3) is 0.227. The number of Topliss-reactive ketones (excluding diaryl/α,β-unsaturated/α-hetero) is 1. The quantitative estimate of drug-likeness (QED) is 0.105. The number of benzene rings is 1. The smallest absolute Gasteiger partial charge is 0.295 e. The Kier molecular flexibility index (Phi) is 6.23. The minimum Gasteiger partial charge on any atom is -0.382 e. The van der Waals surface area contributed by atoms with Crippen molar-refractivity contribution in [3.63, 3.8) is 0 Å². The van der Waals surface area contributed by atoms with Gasteiger partial charge in [-0.2, -0.15) is 0 Å². The number of amides is 2. The predicted molar refractivity (Wildman–Crippen MR) is 122 cm³/mol. The molecule has 1 aliphatic rings. The summed E-state index contributed by atoms with van der Waals surface area (Å²) in [7, 11) is 0. The molecule has 12 heteroatoms. The predicted octanol–water partition coefficient (Wildman–Crippen LogP) is 0.341. The van der Waals surface area contributed by atoms with Crippen LogP contribution in [0.5, 0.6) is 0 Å². The number of nitrogens with zero attached hydrogens (tertiary/aromatic N) is 4. The summed E-state index contributed by atoms with van der Waals surface area (Å²) in [5, 5.41) is 3.61. The maximum absolute atomic E-state index is 14.7. The Labute approximate surface area is 193 Å². The molecule has 34 heavy (non-hydrogen) atoms. The highest BCUT2D eigenvalue weighted by atomic mass is 19.1. The molecule has 1 fully saturated rings. The number of piperazine rings is 1. The first-order chi connectivity index (χ1) is 16.3. The summed E-state index contributed by atoms with van der Waals surface area (Å²) in [6.07, 6.45) is 2.80. The van der Waals surface area contributed by atoms with E-state index in [1.807, 2.05) is 0 Å². The molecule has 2 aromatic heterocycles. The first-order valence-corrected chi connectivity index (χ1v) is 10.5. The summed E-state index contributed by atoms with van der Waals surface area (Å²) in [6.45, 7) is 2.38. The van der Waals surface area contributed by atoms with E-state index in [1.54, 1.807) is 30.0 Å². The molecule has 0 saturated carbocycles. The van der Waals surface area contributed by atoms with Crippen LogP contribution in [0.3, 0.4) is 0 Å². The van der Waals surface area contributed by atoms with Crippen LogP contribution in [-0.2, 0) is 4.79 Å². The van der Waals surface area contributed by atoms with Crippen LogP contribution in [-0.4, -0.2) is 68.9 Å². The van der Waals surface area contributed by atoms with E-state index >= 15 is 0 Å². The van der Waals surface area contributed by atoms with Gasteiger partial charge in [-0.15, -0.1) is 5.10 Å². The van der Waals surface area contributed by atoms with Gasteiger partial charge in [0, 0.05) is 49.0 Å². The van der Waals surface area contributed by atoms with Gasteiger partial charge in [0.05, 0.1) is 11.1 Å². The van der Waals surface area contributed by atoms with Crippen LogP contribution >= 0.6 is 0 Å². The molecule has 0 spiro atoms. The van der Waals surface area contributed by atoms with E-state index in [0.717, 1.165) is 6.07 Å². The Balaban J connectivity index is 1.55. The van der Waals surface area contributed by atoms with E-state index in [0.29, 0.717) is 11.3 Å². The van der Waals surface area contributed by atoms with Crippen molar-refractivity contribution >= 4 is 34.3 Å². The van der Waals surface area contributed by atoms with Gasteiger partial charge in [0.25, 0.3) is 17.6 Å². The first-order valence-electron chi connectivity index (χ1n) is 10.5. The molecule has 0 bridgehead atoms. The summed E-state index contributed by atoms with van der Waals surface area (Å²) in [6, 6.07) is 7.15. The number of hydrazine groups is 1. The molecular formula is C22H23FN8O3. The SMILES string of the molecule is CC1CN(C(=O)c2ccccn2)CCN1C(=O)C(=O)c1c[nH]c2c(/C(N)=N/NN)ccc(F)c12. The molecule has 4 rings (SSSR count). The standard InChI is InChI=1S/C22H23FN8O3/c1-12-11-30(21(33)16-4-2-3-7-26-16)8-9-31(12)22(34)19(32)14-10-27-18-13(20(24)28-29-25)5-6-15(23)17(14)18/h2-7,10,12,27,29H,8-9,11,25H2,1H3,(H2,24,28). The van der Waals surface area contributed by atoms with Crippen molar-refractivity contribution in [3.8, 4) is 0 Å². The number of hydrogen-bond acceptors (Lipinski definition) is 7. The van der Waals surface area contributed by atoms with E-state index in [-0.39, 0.29) is 47.8 Å². The van der Waals surface area contributed by atoms with Crippen molar-refractivity contribution in [1.82, 2.24) is 25.3 Å². The number of pyridine rings is 1. The molecule has 11 nitrogen and oxygen atoms in total. The number of aromatic amines is 1. The highest BCUT2D eigenvalue weighted by molar-refractivity contribution is 6.45. The van der Waals surface area contributed by atoms with Crippen molar-refractivity contribution in [2.75, 3.05) is 19.6 Å². The Morgan fingerprint density at radius 1 is 1.21 bits per heavy atom. The minimum atomic E-state index is -0.869. The molecule has 3 aromatic rings. The van der Waals surface area contributed by atoms with Crippen molar-refractivity contribution in [2.45, 2.75) is 13.0 Å². The van der Waals surface area contributed by atoms with Gasteiger partial charge in [-0.25, -0.2) is 15.8 Å². The molecule has 6 N–H and O–H groups in total. The molecule has 3 heterocycles. The fourth-order valence-corrected chi connectivity index (χ4v) is 4.07. The fourth-order valence-electron chi connectivity index (χ4n) is 4.07. The minimum absolute atomic E-state index is 0.0259. The number of fused-ring (bicyclic) bond motifs is 1. The lowest BCUT2D eigenvalue weighted by Crippen LogP contribution is -2.56. The summed E-state index contributed by atoms with van der Waals surface area (Å²) in [5.74, 6) is 2.54. The topological polar surface area (TPSA) is 163 Å². The zero-order valence-electron chi connectivity index (χ0n) is 18.3. The zero-order valence-corrected chi connectivity index (χ0v) is 18.3. The molecule has 1 unspecified atom stereocenters. The van der Waals surface area contributed by atoms with Crippen LogP contribution in [0.15, 0.2) is 47.8 Å². The molecule has 0 aliphatic carbocycles. The van der Waals surface area contributed by atoms with Gasteiger partial charge in [-0.05, 0) is 31.2 Å². The van der Waals surface area contributed by atoms with E-state index in [4.69, 9.17) is 11.6 Å². The summed E-state index contributed by atoms with van der Waals surface area (Å²) in [5.41, 5.74) is 8.63. The van der Waals surface area contributed by atoms with Gasteiger partial charge in [-0.1, -0.05) is 6.07 Å². The van der Waals surface area contributed by atoms with Crippen LogP contribution < -0.4 is 17.1 Å². The van der Waals surface area contributed by atoms with Gasteiger partial charge < -0.3 is 20.5 Å². The number of carbonyl (C=O) groups is 3. The second-order valence-electron chi connectivity index (χ2n) is 7.82. The molecule has 1 atom stereocenters. The second kappa shape index (κ2) is 9.27. The zero-order chi connectivity index (χ0) is 24.4. The summed E-state index contributed by atoms with van der Waals surface area (Å²) in [4.78, 5) is 48.7. The number of amidine groups is 1. The van der Waals surface area contributed by atoms with Crippen molar-refractivity contribution in [3.05, 3.63) is 65.4 Å². The Morgan fingerprint density at radius 3 is 2.68 bits per heavy atom. The number of nitrogens with two attached hydrogens (primary N) is 2. The second-order valence-corrected chi connectivity index (χ2v) is 7.82. The number of nitrogens with one attached hydrogen (secondary N) is 2. The molecule has 176 valence electrons. The van der Waals surface area contributed by atoms with E-state index < -0.39 is 23.5 Å². The van der Waals surface area contributed by atoms with Crippen molar-refractivity contribution < 1.29 is 18.8 Å². The van der Waals surface area contributed by atoms with Gasteiger partial charge in [0.2, 0.25) is 0 Å². The Hall–Kier alpha value is -4.32. The Bertz CT molecular complexity index is 1290. The number of halogens is 1. The van der Waals surface area contributed by atoms with Crippen molar-refractivity contribution in [1.29, 1.82) is 0 Å². The molecular weight excluding hydrogens is 443 g/mol.